The summed E-state index contributed by atoms with van der Waals surface area (Å²) in [6.07, 6.45) is 1.88. The quantitative estimate of drug-likeness (QED) is 0.869. The normalized spacial score (nSPS) is 16.0. The summed E-state index contributed by atoms with van der Waals surface area (Å²) in [5.41, 5.74) is 0.622. The van der Waals surface area contributed by atoms with E-state index in [4.69, 9.17) is 11.6 Å². The molecule has 1 amide bonds. The van der Waals surface area contributed by atoms with Crippen molar-refractivity contribution < 1.29 is 13.2 Å². The first kappa shape index (κ1) is 17.9. The van der Waals surface area contributed by atoms with Crippen LogP contribution in [0.15, 0.2) is 59.5 Å². The van der Waals surface area contributed by atoms with Crippen molar-refractivity contribution in [2.75, 3.05) is 13.1 Å². The minimum Gasteiger partial charge on any atom is -0.341 e. The number of sulfonamides is 1. The summed E-state index contributed by atoms with van der Waals surface area (Å²) in [6.45, 7) is 1.32. The van der Waals surface area contributed by atoms with E-state index in [1.807, 2.05) is 6.07 Å². The lowest BCUT2D eigenvalue weighted by molar-refractivity contribution is -0.132. The lowest BCUT2D eigenvalue weighted by atomic mass is 10.1. The zero-order chi connectivity index (χ0) is 17.9. The number of carbonyl (C=O) groups is 1. The molecule has 0 bridgehead atoms. The van der Waals surface area contributed by atoms with Gasteiger partial charge in [-0.1, -0.05) is 41.9 Å². The smallest absolute Gasteiger partial charge is 0.245 e. The van der Waals surface area contributed by atoms with Crippen molar-refractivity contribution in [1.82, 2.24) is 9.62 Å². The van der Waals surface area contributed by atoms with Gasteiger partial charge >= 0.3 is 0 Å². The summed E-state index contributed by atoms with van der Waals surface area (Å²) in [5.74, 6) is -0.221. The molecule has 1 heterocycles. The van der Waals surface area contributed by atoms with Crippen molar-refractivity contribution in [2.45, 2.75) is 23.8 Å². The molecule has 3 rings (SSSR count). The highest BCUT2D eigenvalue weighted by Crippen LogP contribution is 2.22. The van der Waals surface area contributed by atoms with Crippen molar-refractivity contribution >= 4 is 27.5 Å². The van der Waals surface area contributed by atoms with Crippen molar-refractivity contribution in [3.05, 3.63) is 65.2 Å². The first-order valence-electron chi connectivity index (χ1n) is 8.09. The number of hydrogen-bond acceptors (Lipinski definition) is 3. The van der Waals surface area contributed by atoms with Gasteiger partial charge in [-0.2, -0.15) is 4.72 Å². The number of amides is 1. The lowest BCUT2D eigenvalue weighted by Crippen LogP contribution is -2.41. The second-order valence-corrected chi connectivity index (χ2v) is 8.10. The zero-order valence-electron chi connectivity index (χ0n) is 13.6. The molecule has 2 aromatic carbocycles. The molecule has 25 heavy (non-hydrogen) atoms. The van der Waals surface area contributed by atoms with Gasteiger partial charge in [-0.3, -0.25) is 4.79 Å². The SMILES string of the molecule is O=C([C@@H](NS(=O)(=O)c1ccc(Cl)cc1)c1ccccc1)N1CCCC1. The van der Waals surface area contributed by atoms with Crippen LogP contribution < -0.4 is 4.72 Å². The Kier molecular flexibility index (Phi) is 5.42. The molecular weight excluding hydrogens is 360 g/mol. The summed E-state index contributed by atoms with van der Waals surface area (Å²) in [6, 6.07) is 13.8. The third-order valence-electron chi connectivity index (χ3n) is 4.19. The predicted octanol–water partition coefficient (Wildman–Crippen LogP) is 2.98. The Labute approximate surface area is 152 Å². The van der Waals surface area contributed by atoms with Gasteiger partial charge in [0.1, 0.15) is 6.04 Å². The number of carbonyl (C=O) groups excluding carboxylic acids is 1. The minimum atomic E-state index is -3.86. The molecule has 0 radical (unpaired) electrons. The number of hydrogen-bond donors (Lipinski definition) is 1. The van der Waals surface area contributed by atoms with Gasteiger partial charge in [0.05, 0.1) is 4.90 Å². The molecule has 7 heteroatoms. The number of rotatable bonds is 5. The molecule has 0 unspecified atom stereocenters. The molecule has 1 N–H and O–H groups in total. The van der Waals surface area contributed by atoms with Crippen molar-refractivity contribution in [3.63, 3.8) is 0 Å². The van der Waals surface area contributed by atoms with Crippen LogP contribution in [0.25, 0.3) is 0 Å². The van der Waals surface area contributed by atoms with Gasteiger partial charge in [-0.05, 0) is 42.7 Å². The molecule has 1 aliphatic rings. The fourth-order valence-electron chi connectivity index (χ4n) is 2.86. The Morgan fingerprint density at radius 1 is 1.00 bits per heavy atom. The second kappa shape index (κ2) is 7.56. The van der Waals surface area contributed by atoms with Gasteiger partial charge in [0.2, 0.25) is 15.9 Å². The van der Waals surface area contributed by atoms with E-state index in [2.05, 4.69) is 4.72 Å². The highest BCUT2D eigenvalue weighted by Gasteiger charge is 2.31. The maximum atomic E-state index is 12.9. The van der Waals surface area contributed by atoms with E-state index in [0.29, 0.717) is 23.7 Å². The first-order valence-corrected chi connectivity index (χ1v) is 9.95. The number of nitrogens with zero attached hydrogens (tertiary/aromatic N) is 1. The molecule has 0 saturated carbocycles. The highest BCUT2D eigenvalue weighted by atomic mass is 35.5. The van der Waals surface area contributed by atoms with Crippen molar-refractivity contribution in [3.8, 4) is 0 Å². The van der Waals surface area contributed by atoms with Crippen LogP contribution in [0.1, 0.15) is 24.4 Å². The van der Waals surface area contributed by atoms with Crippen LogP contribution in [0.2, 0.25) is 5.02 Å². The fourth-order valence-corrected chi connectivity index (χ4v) is 4.17. The summed E-state index contributed by atoms with van der Waals surface area (Å²) < 4.78 is 28.0. The van der Waals surface area contributed by atoms with E-state index in [1.54, 1.807) is 29.2 Å². The molecule has 1 atom stereocenters. The average molecular weight is 379 g/mol. The Hall–Kier alpha value is -1.89. The Bertz CT molecular complexity index is 832. The van der Waals surface area contributed by atoms with Crippen molar-refractivity contribution in [2.24, 2.45) is 0 Å². The molecule has 1 saturated heterocycles. The molecule has 0 spiro atoms. The standard InChI is InChI=1S/C18H19ClN2O3S/c19-15-8-10-16(11-9-15)25(23,24)20-17(14-6-2-1-3-7-14)18(22)21-12-4-5-13-21/h1-3,6-11,17,20H,4-5,12-13H2/t17-/m0/s1. The molecule has 2 aromatic rings. The van der Waals surface area contributed by atoms with E-state index in [1.165, 1.54) is 24.3 Å². The largest absolute Gasteiger partial charge is 0.341 e. The summed E-state index contributed by atoms with van der Waals surface area (Å²) in [7, 11) is -3.86. The van der Waals surface area contributed by atoms with E-state index >= 15 is 0 Å². The number of halogens is 1. The van der Waals surface area contributed by atoms with E-state index in [0.717, 1.165) is 12.8 Å². The van der Waals surface area contributed by atoms with Crippen LogP contribution in [-0.4, -0.2) is 32.3 Å². The van der Waals surface area contributed by atoms with Gasteiger partial charge in [0.15, 0.2) is 0 Å². The highest BCUT2D eigenvalue weighted by molar-refractivity contribution is 7.89. The van der Waals surface area contributed by atoms with Crippen LogP contribution in [0.3, 0.4) is 0 Å². The topological polar surface area (TPSA) is 66.5 Å². The van der Waals surface area contributed by atoms with Gasteiger partial charge in [-0.25, -0.2) is 8.42 Å². The maximum absolute atomic E-state index is 12.9. The predicted molar refractivity (Wildman–Crippen MR) is 96.8 cm³/mol. The van der Waals surface area contributed by atoms with Crippen LogP contribution in [0, 0.1) is 0 Å². The zero-order valence-corrected chi connectivity index (χ0v) is 15.1. The molecule has 0 aliphatic carbocycles. The van der Waals surface area contributed by atoms with Crippen LogP contribution in [-0.2, 0) is 14.8 Å². The number of benzene rings is 2. The second-order valence-electron chi connectivity index (χ2n) is 5.95. The average Bonchev–Trinajstić information content (AvgIpc) is 3.15. The molecule has 1 aliphatic heterocycles. The van der Waals surface area contributed by atoms with E-state index in [-0.39, 0.29) is 10.8 Å². The summed E-state index contributed by atoms with van der Waals surface area (Å²) in [5, 5.41) is 0.451. The molecule has 0 aromatic heterocycles. The van der Waals surface area contributed by atoms with E-state index < -0.39 is 16.1 Å². The van der Waals surface area contributed by atoms with Crippen LogP contribution >= 0.6 is 11.6 Å². The summed E-state index contributed by atoms with van der Waals surface area (Å²) in [4.78, 5) is 14.7. The maximum Gasteiger partial charge on any atom is 0.245 e. The fraction of sp³-hybridized carbons (Fsp3) is 0.278. The third-order valence-corrected chi connectivity index (χ3v) is 5.89. The van der Waals surface area contributed by atoms with Crippen LogP contribution in [0.5, 0.6) is 0 Å². The third kappa shape index (κ3) is 4.21. The van der Waals surface area contributed by atoms with Gasteiger partial charge < -0.3 is 4.90 Å². The first-order chi connectivity index (χ1) is 12.0. The Balaban J connectivity index is 1.91. The molecule has 5 nitrogen and oxygen atoms in total. The van der Waals surface area contributed by atoms with Gasteiger partial charge in [0, 0.05) is 18.1 Å². The van der Waals surface area contributed by atoms with Gasteiger partial charge in [0.25, 0.3) is 0 Å². The van der Waals surface area contributed by atoms with Crippen LogP contribution in [0.4, 0.5) is 0 Å². The Morgan fingerprint density at radius 3 is 2.20 bits per heavy atom. The minimum absolute atomic E-state index is 0.0760. The molecule has 1 fully saturated rings. The molecule has 132 valence electrons. The number of likely N-dealkylation sites (tertiary alicyclic amines) is 1. The molecular formula is C18H19ClN2O3S. The van der Waals surface area contributed by atoms with Gasteiger partial charge in [-0.15, -0.1) is 0 Å². The lowest BCUT2D eigenvalue weighted by Gasteiger charge is -2.24. The Morgan fingerprint density at radius 2 is 1.60 bits per heavy atom. The van der Waals surface area contributed by atoms with Crippen molar-refractivity contribution in [1.29, 1.82) is 0 Å². The summed E-state index contributed by atoms with van der Waals surface area (Å²) >= 11 is 5.82. The monoisotopic (exact) mass is 378 g/mol. The number of nitrogens with one attached hydrogen (secondary N) is 1. The van der Waals surface area contributed by atoms with E-state index in [9.17, 15) is 13.2 Å².